The average Bonchev–Trinajstić information content (AvgIpc) is 2.39. The maximum atomic E-state index is 11.7. The quantitative estimate of drug-likeness (QED) is 0.873. The van der Waals surface area contributed by atoms with Gasteiger partial charge in [-0.25, -0.2) is 14.8 Å². The van der Waals surface area contributed by atoms with E-state index in [4.69, 9.17) is 9.47 Å². The number of halogens is 1. The van der Waals surface area contributed by atoms with Gasteiger partial charge in [0.1, 0.15) is 11.4 Å². The molecule has 7 heteroatoms. The van der Waals surface area contributed by atoms with E-state index in [1.165, 1.54) is 0 Å². The fourth-order valence-corrected chi connectivity index (χ4v) is 1.72. The van der Waals surface area contributed by atoms with E-state index in [0.717, 1.165) is 4.47 Å². The normalized spacial score (nSPS) is 10.9. The van der Waals surface area contributed by atoms with Crippen LogP contribution >= 0.6 is 15.9 Å². The molecule has 1 N–H and O–H groups in total. The second-order valence-corrected chi connectivity index (χ2v) is 6.36. The highest BCUT2D eigenvalue weighted by atomic mass is 79.9. The van der Waals surface area contributed by atoms with Gasteiger partial charge in [-0.1, -0.05) is 6.07 Å². The molecule has 2 rings (SSSR count). The second-order valence-electron chi connectivity index (χ2n) is 5.44. The number of ether oxygens (including phenoxy) is 2. The van der Waals surface area contributed by atoms with Gasteiger partial charge in [0.15, 0.2) is 0 Å². The van der Waals surface area contributed by atoms with Crippen LogP contribution in [-0.4, -0.2) is 21.7 Å². The second kappa shape index (κ2) is 6.74. The summed E-state index contributed by atoms with van der Waals surface area (Å²) >= 11 is 3.25. The number of anilines is 1. The van der Waals surface area contributed by atoms with Gasteiger partial charge in [0.2, 0.25) is 0 Å². The third-order valence-corrected chi connectivity index (χ3v) is 2.69. The van der Waals surface area contributed by atoms with Crippen molar-refractivity contribution < 1.29 is 14.3 Å². The largest absolute Gasteiger partial charge is 0.444 e. The van der Waals surface area contributed by atoms with Crippen LogP contribution in [0.2, 0.25) is 0 Å². The van der Waals surface area contributed by atoms with Gasteiger partial charge in [-0.2, -0.15) is 0 Å². The van der Waals surface area contributed by atoms with Crippen LogP contribution in [-0.2, 0) is 4.74 Å². The van der Waals surface area contributed by atoms with Crippen molar-refractivity contribution in [3.8, 4) is 11.8 Å². The highest BCUT2D eigenvalue weighted by molar-refractivity contribution is 9.10. The summed E-state index contributed by atoms with van der Waals surface area (Å²) in [5.74, 6) is 0.510. The Morgan fingerprint density at radius 3 is 2.55 bits per heavy atom. The fourth-order valence-electron chi connectivity index (χ4n) is 1.52. The minimum Gasteiger partial charge on any atom is -0.444 e. The van der Waals surface area contributed by atoms with Crippen molar-refractivity contribution in [2.45, 2.75) is 26.4 Å². The molecule has 6 nitrogen and oxygen atoms in total. The maximum Gasteiger partial charge on any atom is 0.412 e. The number of carbonyl (C=O) groups excluding carboxylic acids is 1. The Morgan fingerprint density at radius 1 is 1.23 bits per heavy atom. The molecule has 116 valence electrons. The zero-order valence-corrected chi connectivity index (χ0v) is 14.0. The summed E-state index contributed by atoms with van der Waals surface area (Å²) in [6.07, 6.45) is 2.65. The molecule has 0 saturated carbocycles. The average molecular weight is 366 g/mol. The Hall–Kier alpha value is -2.15. The Kier molecular flexibility index (Phi) is 4.97. The monoisotopic (exact) mass is 365 g/mol. The Balaban J connectivity index is 2.03. The highest BCUT2D eigenvalue weighted by Gasteiger charge is 2.16. The number of rotatable bonds is 3. The summed E-state index contributed by atoms with van der Waals surface area (Å²) in [5.41, 5.74) is 0.00701. The molecule has 0 aliphatic rings. The van der Waals surface area contributed by atoms with Gasteiger partial charge in [-0.15, -0.1) is 0 Å². The van der Waals surface area contributed by atoms with E-state index in [0.29, 0.717) is 11.4 Å². The van der Waals surface area contributed by atoms with Crippen molar-refractivity contribution in [3.05, 3.63) is 41.1 Å². The van der Waals surface area contributed by atoms with E-state index in [1.807, 2.05) is 0 Å². The fraction of sp³-hybridized carbons (Fsp3) is 0.267. The van der Waals surface area contributed by atoms with Gasteiger partial charge >= 0.3 is 12.1 Å². The molecule has 1 aromatic heterocycles. The zero-order valence-electron chi connectivity index (χ0n) is 12.5. The number of hydrogen-bond donors (Lipinski definition) is 1. The Bertz CT molecular complexity index is 654. The van der Waals surface area contributed by atoms with E-state index < -0.39 is 11.7 Å². The van der Waals surface area contributed by atoms with Gasteiger partial charge < -0.3 is 9.47 Å². The molecule has 0 saturated heterocycles. The zero-order chi connectivity index (χ0) is 16.2. The van der Waals surface area contributed by atoms with Crippen molar-refractivity contribution in [1.82, 2.24) is 9.97 Å². The smallest absolute Gasteiger partial charge is 0.412 e. The summed E-state index contributed by atoms with van der Waals surface area (Å²) in [7, 11) is 0. The predicted molar refractivity (Wildman–Crippen MR) is 86.1 cm³/mol. The molecule has 0 bridgehead atoms. The lowest BCUT2D eigenvalue weighted by molar-refractivity contribution is 0.0636. The Labute approximate surface area is 137 Å². The van der Waals surface area contributed by atoms with Crippen LogP contribution in [0.15, 0.2) is 41.1 Å². The molecular weight excluding hydrogens is 350 g/mol. The molecule has 22 heavy (non-hydrogen) atoms. The molecule has 0 fully saturated rings. The van der Waals surface area contributed by atoms with Crippen LogP contribution in [0.5, 0.6) is 11.8 Å². The van der Waals surface area contributed by atoms with Crippen LogP contribution < -0.4 is 10.1 Å². The molecule has 0 unspecified atom stereocenters. The minimum atomic E-state index is -0.552. The lowest BCUT2D eigenvalue weighted by atomic mass is 10.2. The SMILES string of the molecule is CC(C)(C)OC(=O)Nc1cccc(Oc2ncc(Br)cn2)c1. The minimum absolute atomic E-state index is 0.220. The molecule has 1 heterocycles. The molecule has 1 amide bonds. The highest BCUT2D eigenvalue weighted by Crippen LogP contribution is 2.22. The topological polar surface area (TPSA) is 73.3 Å². The number of nitrogens with zero attached hydrogens (tertiary/aromatic N) is 2. The standard InChI is InChI=1S/C15H16BrN3O3/c1-15(2,3)22-14(20)19-11-5-4-6-12(7-11)21-13-17-8-10(16)9-18-13/h4-9H,1-3H3,(H,19,20). The molecule has 2 aromatic rings. The van der Waals surface area contributed by atoms with Crippen LogP contribution in [0, 0.1) is 0 Å². The molecule has 0 aliphatic heterocycles. The summed E-state index contributed by atoms with van der Waals surface area (Å²) < 4.78 is 11.5. The van der Waals surface area contributed by atoms with Crippen molar-refractivity contribution in [2.24, 2.45) is 0 Å². The van der Waals surface area contributed by atoms with Crippen molar-refractivity contribution in [1.29, 1.82) is 0 Å². The van der Waals surface area contributed by atoms with E-state index in [-0.39, 0.29) is 6.01 Å². The summed E-state index contributed by atoms with van der Waals surface area (Å²) in [6, 6.07) is 7.11. The number of benzene rings is 1. The first-order valence-electron chi connectivity index (χ1n) is 6.57. The molecular formula is C15H16BrN3O3. The lowest BCUT2D eigenvalue weighted by Crippen LogP contribution is -2.27. The molecule has 0 atom stereocenters. The van der Waals surface area contributed by atoms with Crippen molar-refractivity contribution in [2.75, 3.05) is 5.32 Å². The summed E-state index contributed by atoms with van der Waals surface area (Å²) in [6.45, 7) is 5.41. The van der Waals surface area contributed by atoms with Gasteiger partial charge in [-0.3, -0.25) is 5.32 Å². The first kappa shape index (κ1) is 16.2. The lowest BCUT2D eigenvalue weighted by Gasteiger charge is -2.19. The first-order chi connectivity index (χ1) is 10.3. The van der Waals surface area contributed by atoms with Crippen LogP contribution in [0.3, 0.4) is 0 Å². The number of aromatic nitrogens is 2. The summed E-state index contributed by atoms with van der Waals surface area (Å²) in [4.78, 5) is 19.8. The van der Waals surface area contributed by atoms with Crippen LogP contribution in [0.1, 0.15) is 20.8 Å². The van der Waals surface area contributed by atoms with Gasteiger partial charge in [0, 0.05) is 24.1 Å². The van der Waals surface area contributed by atoms with Gasteiger partial charge in [0.05, 0.1) is 4.47 Å². The van der Waals surface area contributed by atoms with Gasteiger partial charge in [-0.05, 0) is 48.8 Å². The van der Waals surface area contributed by atoms with E-state index in [2.05, 4.69) is 31.2 Å². The number of hydrogen-bond acceptors (Lipinski definition) is 5. The van der Waals surface area contributed by atoms with E-state index in [1.54, 1.807) is 57.4 Å². The van der Waals surface area contributed by atoms with Crippen molar-refractivity contribution in [3.63, 3.8) is 0 Å². The van der Waals surface area contributed by atoms with E-state index in [9.17, 15) is 4.79 Å². The maximum absolute atomic E-state index is 11.7. The van der Waals surface area contributed by atoms with Crippen LogP contribution in [0.4, 0.5) is 10.5 Å². The predicted octanol–water partition coefficient (Wildman–Crippen LogP) is 4.38. The Morgan fingerprint density at radius 2 is 1.91 bits per heavy atom. The number of amides is 1. The first-order valence-corrected chi connectivity index (χ1v) is 7.36. The third kappa shape index (κ3) is 5.33. The molecule has 1 aromatic carbocycles. The van der Waals surface area contributed by atoms with Crippen LogP contribution in [0.25, 0.3) is 0 Å². The molecule has 0 radical (unpaired) electrons. The third-order valence-electron chi connectivity index (χ3n) is 2.29. The molecule has 0 aliphatic carbocycles. The van der Waals surface area contributed by atoms with Crippen molar-refractivity contribution >= 4 is 27.7 Å². The summed E-state index contributed by atoms with van der Waals surface area (Å²) in [5, 5.41) is 2.64. The number of carbonyl (C=O) groups is 1. The van der Waals surface area contributed by atoms with E-state index >= 15 is 0 Å². The molecule has 0 spiro atoms. The van der Waals surface area contributed by atoms with Gasteiger partial charge in [0.25, 0.3) is 0 Å². The number of nitrogens with one attached hydrogen (secondary N) is 1.